The van der Waals surface area contributed by atoms with E-state index in [1.165, 1.54) is 0 Å². The lowest BCUT2D eigenvalue weighted by molar-refractivity contribution is -0.231. The van der Waals surface area contributed by atoms with E-state index in [-0.39, 0.29) is 0 Å². The fourth-order valence-electron chi connectivity index (χ4n) is 3.92. The van der Waals surface area contributed by atoms with Crippen LogP contribution in [0.15, 0.2) is 29.4 Å². The van der Waals surface area contributed by atoms with Gasteiger partial charge in [-0.05, 0) is 45.4 Å². The largest absolute Gasteiger partial charge is 0.378 e. The van der Waals surface area contributed by atoms with Gasteiger partial charge >= 0.3 is 0 Å². The molecule has 1 aromatic carbocycles. The molecule has 9 heteroatoms. The number of nitrogens with one attached hydrogen (secondary N) is 1. The highest BCUT2D eigenvalue weighted by molar-refractivity contribution is 5.85. The quantitative estimate of drug-likeness (QED) is 0.586. The van der Waals surface area contributed by atoms with E-state index in [2.05, 4.69) is 10.5 Å². The lowest BCUT2D eigenvalue weighted by atomic mass is 9.98. The molecule has 0 saturated carbocycles. The van der Waals surface area contributed by atoms with Gasteiger partial charge in [0.05, 0.1) is 6.21 Å². The zero-order valence-electron chi connectivity index (χ0n) is 18.1. The number of hydrogen-bond donors (Lipinski definition) is 1. The van der Waals surface area contributed by atoms with Crippen molar-refractivity contribution in [2.75, 3.05) is 19.0 Å². The summed E-state index contributed by atoms with van der Waals surface area (Å²) in [6, 6.07) is 7.79. The number of carbonyl (C=O) groups is 1. The molecule has 3 heterocycles. The molecule has 9 nitrogen and oxygen atoms in total. The third-order valence-electron chi connectivity index (χ3n) is 5.21. The van der Waals surface area contributed by atoms with Crippen molar-refractivity contribution in [3.05, 3.63) is 29.8 Å². The van der Waals surface area contributed by atoms with Crippen molar-refractivity contribution in [3.8, 4) is 0 Å². The molecule has 0 spiro atoms. The monoisotopic (exact) mass is 419 g/mol. The van der Waals surface area contributed by atoms with Crippen LogP contribution in [-0.2, 0) is 28.5 Å². The van der Waals surface area contributed by atoms with Gasteiger partial charge in [0.2, 0.25) is 0 Å². The van der Waals surface area contributed by atoms with Crippen molar-refractivity contribution in [2.24, 2.45) is 5.10 Å². The van der Waals surface area contributed by atoms with Gasteiger partial charge in [0.25, 0.3) is 5.91 Å². The van der Waals surface area contributed by atoms with E-state index in [9.17, 15) is 4.79 Å². The van der Waals surface area contributed by atoms with E-state index < -0.39 is 48.2 Å². The van der Waals surface area contributed by atoms with Gasteiger partial charge in [-0.2, -0.15) is 5.10 Å². The van der Waals surface area contributed by atoms with Gasteiger partial charge in [0.1, 0.15) is 18.3 Å². The Bertz CT molecular complexity index is 823. The van der Waals surface area contributed by atoms with Crippen LogP contribution in [0.5, 0.6) is 0 Å². The Hall–Kier alpha value is -2.04. The van der Waals surface area contributed by atoms with Crippen LogP contribution in [0.1, 0.15) is 33.3 Å². The molecule has 3 fully saturated rings. The molecule has 0 aliphatic carbocycles. The fourth-order valence-corrected chi connectivity index (χ4v) is 3.92. The maximum absolute atomic E-state index is 12.8. The Morgan fingerprint density at radius 1 is 0.967 bits per heavy atom. The molecule has 1 N–H and O–H groups in total. The average Bonchev–Trinajstić information content (AvgIpc) is 3.15. The summed E-state index contributed by atoms with van der Waals surface area (Å²) in [5.41, 5.74) is 4.48. The summed E-state index contributed by atoms with van der Waals surface area (Å²) < 4.78 is 29.6. The number of fused-ring (bicyclic) bond motifs is 3. The Kier molecular flexibility index (Phi) is 5.36. The number of hydrogen-bond acceptors (Lipinski definition) is 8. The molecule has 3 saturated heterocycles. The normalized spacial score (nSPS) is 33.9. The Morgan fingerprint density at radius 2 is 1.57 bits per heavy atom. The van der Waals surface area contributed by atoms with Crippen molar-refractivity contribution >= 4 is 17.8 Å². The zero-order valence-corrected chi connectivity index (χ0v) is 18.1. The fraction of sp³-hybridized carbons (Fsp3) is 0.619. The lowest BCUT2D eigenvalue weighted by Gasteiger charge is -2.36. The average molecular weight is 419 g/mol. The van der Waals surface area contributed by atoms with Gasteiger partial charge in [-0.3, -0.25) is 4.79 Å². The SMILES string of the molecule is CN(C)c1ccc(/C=N\NC(=O)[C@@H]2O[C@H]3OC(C)(C)O[C@@H]3[C@@H]3OC(C)(C)O[C@@H]32)cc1. The zero-order chi connectivity index (χ0) is 21.7. The first-order valence-corrected chi connectivity index (χ1v) is 10.0. The first-order valence-electron chi connectivity index (χ1n) is 10.0. The molecule has 3 aliphatic heterocycles. The Balaban J connectivity index is 1.45. The molecule has 0 unspecified atom stereocenters. The van der Waals surface area contributed by atoms with Crippen molar-refractivity contribution in [2.45, 2.75) is 70.0 Å². The molecule has 0 bridgehead atoms. The van der Waals surface area contributed by atoms with Gasteiger partial charge in [-0.25, -0.2) is 5.43 Å². The van der Waals surface area contributed by atoms with E-state index in [1.54, 1.807) is 33.9 Å². The highest BCUT2D eigenvalue weighted by atomic mass is 16.9. The third-order valence-corrected chi connectivity index (χ3v) is 5.21. The van der Waals surface area contributed by atoms with Crippen LogP contribution in [-0.4, -0.2) is 68.5 Å². The Labute approximate surface area is 176 Å². The highest BCUT2D eigenvalue weighted by Crippen LogP contribution is 2.44. The van der Waals surface area contributed by atoms with Crippen LogP contribution in [0.3, 0.4) is 0 Å². The molecule has 1 aromatic rings. The second-order valence-corrected chi connectivity index (χ2v) is 8.81. The van der Waals surface area contributed by atoms with Gasteiger partial charge in [0, 0.05) is 19.8 Å². The van der Waals surface area contributed by atoms with Gasteiger partial charge in [0.15, 0.2) is 24.0 Å². The molecule has 30 heavy (non-hydrogen) atoms. The standard InChI is InChI=1S/C21H29N3O6/c1-20(2)27-14-15(28-20)17-19(30-21(3,4)29-17)26-16(14)18(25)23-22-11-12-7-9-13(10-8-12)24(5)6/h7-11,14-17,19H,1-6H3,(H,23,25)/b22-11-/t14-,15+,16+,17+,19-/m0/s1. The summed E-state index contributed by atoms with van der Waals surface area (Å²) in [7, 11) is 3.95. The molecule has 0 aromatic heterocycles. The van der Waals surface area contributed by atoms with Crippen molar-refractivity contribution in [1.29, 1.82) is 0 Å². The minimum absolute atomic E-state index is 0.431. The summed E-state index contributed by atoms with van der Waals surface area (Å²) in [6.45, 7) is 7.19. The smallest absolute Gasteiger partial charge is 0.272 e. The second kappa shape index (κ2) is 7.58. The van der Waals surface area contributed by atoms with Crippen molar-refractivity contribution in [1.82, 2.24) is 5.43 Å². The van der Waals surface area contributed by atoms with Crippen LogP contribution in [0.2, 0.25) is 0 Å². The molecule has 1 amide bonds. The second-order valence-electron chi connectivity index (χ2n) is 8.81. The molecule has 0 radical (unpaired) electrons. The number of carbonyl (C=O) groups excluding carboxylic acids is 1. The van der Waals surface area contributed by atoms with Crippen LogP contribution in [0.25, 0.3) is 0 Å². The number of anilines is 1. The predicted molar refractivity (Wildman–Crippen MR) is 109 cm³/mol. The summed E-state index contributed by atoms with van der Waals surface area (Å²) in [6.07, 6.45) is -1.68. The topological polar surface area (TPSA) is 90.9 Å². The summed E-state index contributed by atoms with van der Waals surface area (Å²) in [4.78, 5) is 14.9. The van der Waals surface area contributed by atoms with Gasteiger partial charge < -0.3 is 28.6 Å². The molecule has 3 aliphatic rings. The highest BCUT2D eigenvalue weighted by Gasteiger charge is 2.62. The molecule has 4 rings (SSSR count). The first kappa shape index (κ1) is 21.2. The van der Waals surface area contributed by atoms with Gasteiger partial charge in [-0.15, -0.1) is 0 Å². The number of nitrogens with zero attached hydrogens (tertiary/aromatic N) is 2. The van der Waals surface area contributed by atoms with Crippen LogP contribution in [0.4, 0.5) is 5.69 Å². The summed E-state index contributed by atoms with van der Waals surface area (Å²) >= 11 is 0. The van der Waals surface area contributed by atoms with E-state index >= 15 is 0 Å². The minimum atomic E-state index is -0.941. The van der Waals surface area contributed by atoms with Crippen LogP contribution in [0, 0.1) is 0 Å². The number of hydrazone groups is 1. The van der Waals surface area contributed by atoms with Crippen LogP contribution < -0.4 is 10.3 Å². The number of benzene rings is 1. The molecular weight excluding hydrogens is 390 g/mol. The van der Waals surface area contributed by atoms with Gasteiger partial charge in [-0.1, -0.05) is 12.1 Å². The maximum atomic E-state index is 12.8. The van der Waals surface area contributed by atoms with Crippen molar-refractivity contribution < 1.29 is 28.5 Å². The van der Waals surface area contributed by atoms with E-state index in [0.717, 1.165) is 11.3 Å². The van der Waals surface area contributed by atoms with E-state index in [4.69, 9.17) is 23.7 Å². The molecule has 5 atom stereocenters. The van der Waals surface area contributed by atoms with E-state index in [0.29, 0.717) is 0 Å². The number of ether oxygens (including phenoxy) is 5. The predicted octanol–water partition coefficient (Wildman–Crippen LogP) is 1.60. The minimum Gasteiger partial charge on any atom is -0.378 e. The van der Waals surface area contributed by atoms with Crippen molar-refractivity contribution in [3.63, 3.8) is 0 Å². The summed E-state index contributed by atoms with van der Waals surface area (Å²) in [5.74, 6) is -2.13. The maximum Gasteiger partial charge on any atom is 0.272 e. The third kappa shape index (κ3) is 4.21. The Morgan fingerprint density at radius 3 is 2.23 bits per heavy atom. The van der Waals surface area contributed by atoms with Crippen LogP contribution >= 0.6 is 0 Å². The number of rotatable bonds is 4. The lowest BCUT2D eigenvalue weighted by Crippen LogP contribution is -2.59. The first-order chi connectivity index (χ1) is 14.0. The molecular formula is C21H29N3O6. The summed E-state index contributed by atoms with van der Waals surface area (Å²) in [5, 5.41) is 4.07. The number of amides is 1. The van der Waals surface area contributed by atoms with E-state index in [1.807, 2.05) is 43.3 Å². The molecule has 164 valence electrons.